The molecule has 0 saturated heterocycles. The van der Waals surface area contributed by atoms with E-state index in [0.29, 0.717) is 0 Å². The van der Waals surface area contributed by atoms with Gasteiger partial charge in [-0.15, -0.1) is 0 Å². The van der Waals surface area contributed by atoms with E-state index in [4.69, 9.17) is 4.98 Å². The first-order valence-electron chi connectivity index (χ1n) is 6.35. The molecule has 0 N–H and O–H groups in total. The SMILES string of the molecule is Cc1cc(C)c2nc3ccccc3c(C)c2c1C. The van der Waals surface area contributed by atoms with Gasteiger partial charge in [0.1, 0.15) is 0 Å². The molecule has 1 nitrogen and oxygen atoms in total. The molecule has 1 aromatic heterocycles. The van der Waals surface area contributed by atoms with Crippen LogP contribution in [-0.4, -0.2) is 4.98 Å². The van der Waals surface area contributed by atoms with Gasteiger partial charge in [-0.1, -0.05) is 24.3 Å². The summed E-state index contributed by atoms with van der Waals surface area (Å²) in [7, 11) is 0. The van der Waals surface area contributed by atoms with Crippen molar-refractivity contribution in [1.82, 2.24) is 4.98 Å². The van der Waals surface area contributed by atoms with Crippen molar-refractivity contribution < 1.29 is 0 Å². The van der Waals surface area contributed by atoms with E-state index in [1.807, 2.05) is 0 Å². The third-order valence-corrected chi connectivity index (χ3v) is 3.93. The van der Waals surface area contributed by atoms with Crippen LogP contribution >= 0.6 is 0 Å². The van der Waals surface area contributed by atoms with Gasteiger partial charge in [-0.2, -0.15) is 0 Å². The molecule has 0 aliphatic heterocycles. The summed E-state index contributed by atoms with van der Waals surface area (Å²) in [5.74, 6) is 0. The number of hydrogen-bond acceptors (Lipinski definition) is 1. The maximum Gasteiger partial charge on any atom is 0.0744 e. The first-order chi connectivity index (χ1) is 8.59. The number of rotatable bonds is 0. The molecule has 1 heteroatoms. The van der Waals surface area contributed by atoms with Crippen LogP contribution in [0, 0.1) is 27.7 Å². The summed E-state index contributed by atoms with van der Waals surface area (Å²) in [6.07, 6.45) is 0. The number of hydrogen-bond donors (Lipinski definition) is 0. The summed E-state index contributed by atoms with van der Waals surface area (Å²) < 4.78 is 0. The fourth-order valence-corrected chi connectivity index (χ4v) is 2.82. The smallest absolute Gasteiger partial charge is 0.0744 e. The molecule has 0 radical (unpaired) electrons. The molecule has 3 aromatic rings. The Morgan fingerprint density at radius 1 is 0.833 bits per heavy atom. The zero-order chi connectivity index (χ0) is 12.9. The van der Waals surface area contributed by atoms with Crippen molar-refractivity contribution in [2.24, 2.45) is 0 Å². The van der Waals surface area contributed by atoms with Crippen LogP contribution in [0.25, 0.3) is 21.8 Å². The lowest BCUT2D eigenvalue weighted by molar-refractivity contribution is 1.30. The van der Waals surface area contributed by atoms with Crippen LogP contribution in [0.3, 0.4) is 0 Å². The quantitative estimate of drug-likeness (QED) is 0.518. The molecule has 0 spiro atoms. The fourth-order valence-electron chi connectivity index (χ4n) is 2.82. The summed E-state index contributed by atoms with van der Waals surface area (Å²) >= 11 is 0. The van der Waals surface area contributed by atoms with Crippen LogP contribution in [0.15, 0.2) is 30.3 Å². The van der Waals surface area contributed by atoms with Crippen molar-refractivity contribution in [2.75, 3.05) is 0 Å². The van der Waals surface area contributed by atoms with Crippen LogP contribution in [-0.2, 0) is 0 Å². The van der Waals surface area contributed by atoms with E-state index >= 15 is 0 Å². The summed E-state index contributed by atoms with van der Waals surface area (Å²) in [5.41, 5.74) is 7.55. The number of aryl methyl sites for hydroxylation is 4. The summed E-state index contributed by atoms with van der Waals surface area (Å²) in [4.78, 5) is 4.84. The second-order valence-electron chi connectivity index (χ2n) is 5.11. The predicted molar refractivity (Wildman–Crippen MR) is 78.2 cm³/mol. The number of pyridine rings is 1. The van der Waals surface area contributed by atoms with E-state index in [9.17, 15) is 0 Å². The summed E-state index contributed by atoms with van der Waals surface area (Å²) in [5, 5.41) is 2.59. The Morgan fingerprint density at radius 3 is 2.33 bits per heavy atom. The molecule has 0 bridgehead atoms. The summed E-state index contributed by atoms with van der Waals surface area (Å²) in [6, 6.07) is 10.6. The Bertz CT molecular complexity index is 770. The molecule has 0 unspecified atom stereocenters. The van der Waals surface area contributed by atoms with Gasteiger partial charge in [0.15, 0.2) is 0 Å². The Kier molecular flexibility index (Phi) is 2.37. The number of benzene rings is 2. The first kappa shape index (κ1) is 11.2. The largest absolute Gasteiger partial charge is 0.247 e. The lowest BCUT2D eigenvalue weighted by Crippen LogP contribution is -1.95. The number of nitrogens with zero attached hydrogens (tertiary/aromatic N) is 1. The van der Waals surface area contributed by atoms with Crippen molar-refractivity contribution in [2.45, 2.75) is 27.7 Å². The molecular formula is C17H17N. The van der Waals surface area contributed by atoms with Gasteiger partial charge in [0, 0.05) is 10.8 Å². The molecule has 0 aliphatic carbocycles. The topological polar surface area (TPSA) is 12.9 Å². The van der Waals surface area contributed by atoms with Gasteiger partial charge in [-0.25, -0.2) is 4.98 Å². The standard InChI is InChI=1S/C17H17N/c1-10-9-11(2)17-16(12(10)3)13(4)14-7-5-6-8-15(14)18-17/h5-9H,1-4H3. The van der Waals surface area contributed by atoms with Crippen molar-refractivity contribution in [3.05, 3.63) is 52.6 Å². The van der Waals surface area contributed by atoms with Crippen molar-refractivity contribution in [3.63, 3.8) is 0 Å². The molecule has 18 heavy (non-hydrogen) atoms. The van der Waals surface area contributed by atoms with Crippen LogP contribution in [0.2, 0.25) is 0 Å². The van der Waals surface area contributed by atoms with E-state index in [1.54, 1.807) is 0 Å². The second-order valence-corrected chi connectivity index (χ2v) is 5.11. The Morgan fingerprint density at radius 2 is 1.56 bits per heavy atom. The van der Waals surface area contributed by atoms with E-state index < -0.39 is 0 Å². The molecule has 0 aliphatic rings. The Labute approximate surface area is 107 Å². The molecule has 3 rings (SSSR count). The Hall–Kier alpha value is -1.89. The van der Waals surface area contributed by atoms with Gasteiger partial charge in [0.25, 0.3) is 0 Å². The lowest BCUT2D eigenvalue weighted by Gasteiger charge is -2.13. The highest BCUT2D eigenvalue weighted by atomic mass is 14.7. The molecule has 90 valence electrons. The number of aromatic nitrogens is 1. The maximum atomic E-state index is 4.84. The zero-order valence-corrected chi connectivity index (χ0v) is 11.3. The second kappa shape index (κ2) is 3.81. The predicted octanol–water partition coefficient (Wildman–Crippen LogP) is 4.62. The highest BCUT2D eigenvalue weighted by molar-refractivity contribution is 6.00. The molecule has 0 fully saturated rings. The van der Waals surface area contributed by atoms with Crippen LogP contribution in [0.1, 0.15) is 22.3 Å². The molecule has 0 atom stereocenters. The van der Waals surface area contributed by atoms with Gasteiger partial charge in [-0.05, 0) is 56.0 Å². The van der Waals surface area contributed by atoms with Crippen molar-refractivity contribution in [3.8, 4) is 0 Å². The normalized spacial score (nSPS) is 11.3. The lowest BCUT2D eigenvalue weighted by atomic mass is 9.95. The average Bonchev–Trinajstić information content (AvgIpc) is 2.36. The fraction of sp³-hybridized carbons (Fsp3) is 0.235. The third-order valence-electron chi connectivity index (χ3n) is 3.93. The van der Waals surface area contributed by atoms with Crippen LogP contribution in [0.4, 0.5) is 0 Å². The van der Waals surface area contributed by atoms with E-state index in [1.165, 1.54) is 33.0 Å². The maximum absolute atomic E-state index is 4.84. The molecule has 1 heterocycles. The monoisotopic (exact) mass is 235 g/mol. The van der Waals surface area contributed by atoms with Gasteiger partial charge >= 0.3 is 0 Å². The van der Waals surface area contributed by atoms with E-state index in [-0.39, 0.29) is 0 Å². The van der Waals surface area contributed by atoms with Crippen molar-refractivity contribution >= 4 is 21.8 Å². The van der Waals surface area contributed by atoms with Crippen LogP contribution in [0.5, 0.6) is 0 Å². The average molecular weight is 235 g/mol. The minimum absolute atomic E-state index is 1.09. The van der Waals surface area contributed by atoms with Gasteiger partial charge in [0.2, 0.25) is 0 Å². The van der Waals surface area contributed by atoms with E-state index in [2.05, 4.69) is 58.0 Å². The highest BCUT2D eigenvalue weighted by Crippen LogP contribution is 2.31. The van der Waals surface area contributed by atoms with Gasteiger partial charge in [0.05, 0.1) is 11.0 Å². The molecule has 2 aromatic carbocycles. The number of fused-ring (bicyclic) bond motifs is 2. The van der Waals surface area contributed by atoms with Gasteiger partial charge in [-0.3, -0.25) is 0 Å². The Balaban J connectivity index is 2.64. The molecule has 0 saturated carbocycles. The minimum Gasteiger partial charge on any atom is -0.247 e. The molecule has 0 amide bonds. The van der Waals surface area contributed by atoms with Crippen LogP contribution < -0.4 is 0 Å². The first-order valence-corrected chi connectivity index (χ1v) is 6.35. The minimum atomic E-state index is 1.09. The third kappa shape index (κ3) is 1.43. The van der Waals surface area contributed by atoms with E-state index in [0.717, 1.165) is 11.0 Å². The van der Waals surface area contributed by atoms with Gasteiger partial charge < -0.3 is 0 Å². The summed E-state index contributed by atoms with van der Waals surface area (Å²) in [6.45, 7) is 8.73. The molecular weight excluding hydrogens is 218 g/mol. The van der Waals surface area contributed by atoms with Crippen molar-refractivity contribution in [1.29, 1.82) is 0 Å². The highest BCUT2D eigenvalue weighted by Gasteiger charge is 2.11. The zero-order valence-electron chi connectivity index (χ0n) is 11.3. The number of para-hydroxylation sites is 1.